The Kier molecular flexibility index (Phi) is 3.85. The van der Waals surface area contributed by atoms with Crippen LogP contribution in [-0.2, 0) is 6.42 Å². The lowest BCUT2D eigenvalue weighted by molar-refractivity contribution is 0.629. The van der Waals surface area contributed by atoms with Crippen molar-refractivity contribution in [1.29, 1.82) is 0 Å². The van der Waals surface area contributed by atoms with Gasteiger partial charge in [0.2, 0.25) is 0 Å². The van der Waals surface area contributed by atoms with Crippen LogP contribution in [0.2, 0.25) is 0 Å². The van der Waals surface area contributed by atoms with Crippen LogP contribution in [0.25, 0.3) is 10.2 Å². The largest absolute Gasteiger partial charge is 0.330 e. The van der Waals surface area contributed by atoms with Gasteiger partial charge in [0.1, 0.15) is 5.82 Å². The molecule has 0 aliphatic heterocycles. The van der Waals surface area contributed by atoms with E-state index in [2.05, 4.69) is 4.98 Å². The number of hydrogen-bond donors (Lipinski definition) is 1. The van der Waals surface area contributed by atoms with Crippen LogP contribution >= 0.6 is 11.3 Å². The zero-order valence-electron chi connectivity index (χ0n) is 9.08. The highest BCUT2D eigenvalue weighted by atomic mass is 32.1. The summed E-state index contributed by atoms with van der Waals surface area (Å²) in [6, 6.07) is 4.78. The van der Waals surface area contributed by atoms with Crippen LogP contribution in [0.5, 0.6) is 0 Å². The van der Waals surface area contributed by atoms with Crippen LogP contribution in [0, 0.1) is 5.82 Å². The van der Waals surface area contributed by atoms with Crippen molar-refractivity contribution in [2.75, 3.05) is 6.54 Å². The minimum atomic E-state index is -0.215. The van der Waals surface area contributed by atoms with E-state index in [1.165, 1.54) is 12.1 Å². The SMILES string of the molecule is NCCCCCc1nc2cc(F)ccc2s1. The zero-order valence-corrected chi connectivity index (χ0v) is 9.89. The van der Waals surface area contributed by atoms with E-state index in [1.54, 1.807) is 17.4 Å². The molecule has 16 heavy (non-hydrogen) atoms. The molecule has 0 amide bonds. The Hall–Kier alpha value is -1.00. The summed E-state index contributed by atoms with van der Waals surface area (Å²) in [5.74, 6) is -0.215. The van der Waals surface area contributed by atoms with Crippen molar-refractivity contribution in [3.63, 3.8) is 0 Å². The zero-order chi connectivity index (χ0) is 11.4. The van der Waals surface area contributed by atoms with Crippen molar-refractivity contribution in [2.45, 2.75) is 25.7 Å². The molecule has 4 heteroatoms. The van der Waals surface area contributed by atoms with Gasteiger partial charge in [-0.25, -0.2) is 9.37 Å². The van der Waals surface area contributed by atoms with Gasteiger partial charge in [-0.1, -0.05) is 6.42 Å². The fourth-order valence-corrected chi connectivity index (χ4v) is 2.64. The molecular formula is C12H15FN2S. The maximum atomic E-state index is 12.9. The monoisotopic (exact) mass is 238 g/mol. The van der Waals surface area contributed by atoms with Gasteiger partial charge in [0, 0.05) is 6.07 Å². The van der Waals surface area contributed by atoms with Gasteiger partial charge in [-0.05, 0) is 37.9 Å². The smallest absolute Gasteiger partial charge is 0.125 e. The van der Waals surface area contributed by atoms with E-state index in [9.17, 15) is 4.39 Å². The Balaban J connectivity index is 2.02. The summed E-state index contributed by atoms with van der Waals surface area (Å²) in [5.41, 5.74) is 6.21. The second-order valence-electron chi connectivity index (χ2n) is 3.82. The normalized spacial score (nSPS) is 11.1. The van der Waals surface area contributed by atoms with E-state index < -0.39 is 0 Å². The highest BCUT2D eigenvalue weighted by molar-refractivity contribution is 7.18. The van der Waals surface area contributed by atoms with Gasteiger partial charge >= 0.3 is 0 Å². The summed E-state index contributed by atoms with van der Waals surface area (Å²) in [6.45, 7) is 0.755. The number of unbranched alkanes of at least 4 members (excludes halogenated alkanes) is 2. The van der Waals surface area contributed by atoms with Gasteiger partial charge < -0.3 is 5.73 Å². The van der Waals surface area contributed by atoms with Crippen LogP contribution < -0.4 is 5.73 Å². The van der Waals surface area contributed by atoms with Gasteiger partial charge in [0.05, 0.1) is 15.2 Å². The van der Waals surface area contributed by atoms with E-state index in [-0.39, 0.29) is 5.82 Å². The van der Waals surface area contributed by atoms with Crippen molar-refractivity contribution < 1.29 is 4.39 Å². The topological polar surface area (TPSA) is 38.9 Å². The quantitative estimate of drug-likeness (QED) is 0.813. The van der Waals surface area contributed by atoms with Crippen LogP contribution in [-0.4, -0.2) is 11.5 Å². The number of aromatic nitrogens is 1. The lowest BCUT2D eigenvalue weighted by atomic mass is 10.2. The molecule has 0 saturated heterocycles. The molecule has 1 aromatic heterocycles. The predicted octanol–water partition coefficient (Wildman–Crippen LogP) is 3.11. The molecule has 0 atom stereocenters. The highest BCUT2D eigenvalue weighted by Gasteiger charge is 2.04. The van der Waals surface area contributed by atoms with E-state index in [0.29, 0.717) is 0 Å². The van der Waals surface area contributed by atoms with Gasteiger partial charge in [-0.15, -0.1) is 11.3 Å². The van der Waals surface area contributed by atoms with Crippen molar-refractivity contribution in [2.24, 2.45) is 5.73 Å². The summed E-state index contributed by atoms with van der Waals surface area (Å²) in [5, 5.41) is 1.10. The number of nitrogens with two attached hydrogens (primary N) is 1. The minimum Gasteiger partial charge on any atom is -0.330 e. The van der Waals surface area contributed by atoms with E-state index in [4.69, 9.17) is 5.73 Å². The molecule has 0 saturated carbocycles. The van der Waals surface area contributed by atoms with Crippen molar-refractivity contribution >= 4 is 21.6 Å². The Morgan fingerprint density at radius 2 is 2.12 bits per heavy atom. The van der Waals surface area contributed by atoms with Crippen LogP contribution in [0.4, 0.5) is 4.39 Å². The van der Waals surface area contributed by atoms with E-state index in [1.807, 2.05) is 0 Å². The molecule has 2 nitrogen and oxygen atoms in total. The van der Waals surface area contributed by atoms with Crippen molar-refractivity contribution in [1.82, 2.24) is 4.98 Å². The number of halogens is 1. The number of rotatable bonds is 5. The van der Waals surface area contributed by atoms with Gasteiger partial charge in [0.15, 0.2) is 0 Å². The molecule has 0 aliphatic rings. The standard InChI is InChI=1S/C12H15FN2S/c13-9-5-6-11-10(8-9)15-12(16-11)4-2-1-3-7-14/h5-6,8H,1-4,7,14H2. The lowest BCUT2D eigenvalue weighted by Crippen LogP contribution is -1.98. The predicted molar refractivity (Wildman–Crippen MR) is 66.2 cm³/mol. The summed E-state index contributed by atoms with van der Waals surface area (Å²) < 4.78 is 14.0. The highest BCUT2D eigenvalue weighted by Crippen LogP contribution is 2.23. The van der Waals surface area contributed by atoms with Crippen LogP contribution in [0.15, 0.2) is 18.2 Å². The van der Waals surface area contributed by atoms with Crippen molar-refractivity contribution in [3.8, 4) is 0 Å². The fourth-order valence-electron chi connectivity index (χ4n) is 1.65. The number of thiazole rings is 1. The lowest BCUT2D eigenvalue weighted by Gasteiger charge is -1.95. The first-order valence-corrected chi connectivity index (χ1v) is 6.36. The van der Waals surface area contributed by atoms with Gasteiger partial charge in [-0.2, -0.15) is 0 Å². The third-order valence-electron chi connectivity index (χ3n) is 2.49. The molecule has 0 spiro atoms. The first-order chi connectivity index (χ1) is 7.79. The molecule has 0 unspecified atom stereocenters. The maximum absolute atomic E-state index is 12.9. The molecule has 2 aromatic rings. The Labute approximate surface area is 98.3 Å². The molecule has 0 radical (unpaired) electrons. The first kappa shape index (κ1) is 11.5. The number of fused-ring (bicyclic) bond motifs is 1. The molecule has 2 rings (SSSR count). The average molecular weight is 238 g/mol. The fraction of sp³-hybridized carbons (Fsp3) is 0.417. The second-order valence-corrected chi connectivity index (χ2v) is 4.93. The second kappa shape index (κ2) is 5.37. The Morgan fingerprint density at radius 3 is 2.94 bits per heavy atom. The minimum absolute atomic E-state index is 0.215. The number of nitrogens with zero attached hydrogens (tertiary/aromatic N) is 1. The molecule has 1 aromatic carbocycles. The molecule has 0 bridgehead atoms. The third kappa shape index (κ3) is 2.77. The Morgan fingerprint density at radius 1 is 1.25 bits per heavy atom. The van der Waals surface area contributed by atoms with Gasteiger partial charge in [-0.3, -0.25) is 0 Å². The van der Waals surface area contributed by atoms with E-state index in [0.717, 1.165) is 47.5 Å². The molecule has 2 N–H and O–H groups in total. The summed E-state index contributed by atoms with van der Waals surface area (Å²) >= 11 is 1.65. The summed E-state index contributed by atoms with van der Waals surface area (Å²) in [6.07, 6.45) is 4.29. The average Bonchev–Trinajstić information content (AvgIpc) is 2.66. The molecule has 1 heterocycles. The first-order valence-electron chi connectivity index (χ1n) is 5.54. The maximum Gasteiger partial charge on any atom is 0.125 e. The molecule has 86 valence electrons. The van der Waals surface area contributed by atoms with Crippen LogP contribution in [0.1, 0.15) is 24.3 Å². The summed E-state index contributed by atoms with van der Waals surface area (Å²) in [7, 11) is 0. The Bertz CT molecular complexity index is 467. The van der Waals surface area contributed by atoms with Crippen molar-refractivity contribution in [3.05, 3.63) is 29.0 Å². The molecular weight excluding hydrogens is 223 g/mol. The van der Waals surface area contributed by atoms with Gasteiger partial charge in [0.25, 0.3) is 0 Å². The molecule has 0 aliphatic carbocycles. The number of benzene rings is 1. The number of aryl methyl sites for hydroxylation is 1. The number of hydrogen-bond acceptors (Lipinski definition) is 3. The molecule has 0 fully saturated rings. The third-order valence-corrected chi connectivity index (χ3v) is 3.58. The summed E-state index contributed by atoms with van der Waals surface area (Å²) in [4.78, 5) is 4.42. The van der Waals surface area contributed by atoms with Crippen LogP contribution in [0.3, 0.4) is 0 Å². The van der Waals surface area contributed by atoms with E-state index >= 15 is 0 Å².